The largest absolute Gasteiger partial charge is 0.393 e. The van der Waals surface area contributed by atoms with Crippen LogP contribution in [0.3, 0.4) is 0 Å². The minimum Gasteiger partial charge on any atom is -0.393 e. The molecule has 3 aliphatic rings. The predicted octanol–water partition coefficient (Wildman–Crippen LogP) is 4.52. The number of benzene rings is 2. The molecule has 1 saturated heterocycles. The molecule has 2 aromatic carbocycles. The lowest BCUT2D eigenvalue weighted by Gasteiger charge is -2.38. The zero-order chi connectivity index (χ0) is 26.0. The van der Waals surface area contributed by atoms with E-state index >= 15 is 4.39 Å². The van der Waals surface area contributed by atoms with E-state index in [1.807, 2.05) is 0 Å². The number of rotatable bonds is 4. The minimum absolute atomic E-state index is 0.0714. The molecule has 9 heteroatoms. The molecule has 4 N–H and O–H groups in total. The van der Waals surface area contributed by atoms with Gasteiger partial charge in [-0.15, -0.1) is 0 Å². The van der Waals surface area contributed by atoms with Gasteiger partial charge in [-0.2, -0.15) is 0 Å². The van der Waals surface area contributed by atoms with Crippen molar-refractivity contribution in [1.82, 2.24) is 10.6 Å². The average molecular weight is 534 g/mol. The number of carbonyl (C=O) groups excluding carboxylic acids is 2. The van der Waals surface area contributed by atoms with Crippen LogP contribution in [0.15, 0.2) is 36.4 Å². The topological polar surface area (TPSA) is 90.5 Å². The summed E-state index contributed by atoms with van der Waals surface area (Å²) in [7, 11) is 0. The molecule has 4 unspecified atom stereocenters. The first-order valence-electron chi connectivity index (χ1n) is 12.2. The average Bonchev–Trinajstić information content (AvgIpc) is 3.23. The Morgan fingerprint density at radius 3 is 2.61 bits per heavy atom. The Morgan fingerprint density at radius 2 is 1.94 bits per heavy atom. The van der Waals surface area contributed by atoms with E-state index in [2.05, 4.69) is 36.7 Å². The van der Waals surface area contributed by atoms with E-state index in [1.54, 1.807) is 30.3 Å². The fourth-order valence-electron chi connectivity index (χ4n) is 6.15. The Kier molecular flexibility index (Phi) is 6.35. The molecule has 36 heavy (non-hydrogen) atoms. The number of aliphatic hydroxyl groups is 1. The number of anilines is 1. The second kappa shape index (κ2) is 8.98. The number of hydrogen-bond donors (Lipinski definition) is 4. The van der Waals surface area contributed by atoms with Crippen LogP contribution in [-0.4, -0.2) is 41.2 Å². The third-order valence-electron chi connectivity index (χ3n) is 7.68. The van der Waals surface area contributed by atoms with Gasteiger partial charge in [0.2, 0.25) is 11.8 Å². The van der Waals surface area contributed by atoms with E-state index in [0.717, 1.165) is 0 Å². The Bertz CT molecular complexity index is 1230. The maximum atomic E-state index is 15.7. The second-order valence-electron chi connectivity index (χ2n) is 11.4. The number of amides is 2. The molecule has 0 radical (unpaired) electrons. The highest BCUT2D eigenvalue weighted by Gasteiger charge is 2.66. The molecule has 2 heterocycles. The van der Waals surface area contributed by atoms with E-state index in [4.69, 9.17) is 23.2 Å². The van der Waals surface area contributed by atoms with Gasteiger partial charge in [0.05, 0.1) is 17.2 Å². The Morgan fingerprint density at radius 1 is 1.22 bits per heavy atom. The van der Waals surface area contributed by atoms with Crippen molar-refractivity contribution in [3.63, 3.8) is 0 Å². The first kappa shape index (κ1) is 25.5. The lowest BCUT2D eigenvalue weighted by molar-refractivity contribution is -0.125. The van der Waals surface area contributed by atoms with Gasteiger partial charge in [-0.05, 0) is 54.0 Å². The number of halogens is 3. The summed E-state index contributed by atoms with van der Waals surface area (Å²) < 4.78 is 15.7. The van der Waals surface area contributed by atoms with Crippen LogP contribution in [0.25, 0.3) is 0 Å². The van der Waals surface area contributed by atoms with Crippen LogP contribution < -0.4 is 16.0 Å². The minimum atomic E-state index is -1.28. The smallest absolute Gasteiger partial charge is 0.238 e. The molecule has 0 aromatic heterocycles. The number of nitrogens with one attached hydrogen (secondary N) is 3. The molecular formula is C27H30Cl2FN3O3. The maximum absolute atomic E-state index is 15.7. The molecule has 6 nitrogen and oxygen atoms in total. The first-order valence-corrected chi connectivity index (χ1v) is 13.0. The van der Waals surface area contributed by atoms with Gasteiger partial charge in [0.15, 0.2) is 0 Å². The fraction of sp³-hybridized carbons (Fsp3) is 0.481. The van der Waals surface area contributed by atoms with Crippen molar-refractivity contribution < 1.29 is 19.1 Å². The third-order valence-corrected chi connectivity index (χ3v) is 8.21. The van der Waals surface area contributed by atoms with Crippen molar-refractivity contribution in [3.8, 4) is 0 Å². The van der Waals surface area contributed by atoms with Crippen molar-refractivity contribution in [2.45, 2.75) is 75.6 Å². The van der Waals surface area contributed by atoms with Crippen LogP contribution in [-0.2, 0) is 15.0 Å². The second-order valence-corrected chi connectivity index (χ2v) is 12.3. The van der Waals surface area contributed by atoms with E-state index in [-0.39, 0.29) is 33.9 Å². The summed E-state index contributed by atoms with van der Waals surface area (Å²) in [6, 6.07) is 8.33. The van der Waals surface area contributed by atoms with Crippen molar-refractivity contribution in [2.75, 3.05) is 5.32 Å². The summed E-state index contributed by atoms with van der Waals surface area (Å²) in [6.45, 7) is 6.20. The highest BCUT2D eigenvalue weighted by atomic mass is 35.5. The van der Waals surface area contributed by atoms with Crippen LogP contribution >= 0.6 is 23.2 Å². The van der Waals surface area contributed by atoms with Crippen LogP contribution in [0.1, 0.15) is 57.1 Å². The van der Waals surface area contributed by atoms with Gasteiger partial charge < -0.3 is 21.1 Å². The summed E-state index contributed by atoms with van der Waals surface area (Å²) in [5.74, 6) is -2.16. The molecule has 4 atom stereocenters. The van der Waals surface area contributed by atoms with Crippen molar-refractivity contribution >= 4 is 40.7 Å². The molecule has 5 rings (SSSR count). The standard InChI is InChI=1S/C27H30Cl2FN3O3/c1-26(2,3)12-20-27(17-8-7-13(28)9-19(17)32-25(27)36)21(16-5-4-6-18(29)22(16)30)23(33-20)24(35)31-14-10-15(34)11-14/h4-9,14-15,20-21,23,33-34H,10-12H2,1-3H3,(H,31,35)(H,32,36). The molecule has 2 aromatic rings. The summed E-state index contributed by atoms with van der Waals surface area (Å²) in [5, 5.41) is 19.5. The van der Waals surface area contributed by atoms with E-state index in [9.17, 15) is 14.7 Å². The van der Waals surface area contributed by atoms with Crippen molar-refractivity contribution in [1.29, 1.82) is 0 Å². The van der Waals surface area contributed by atoms with Crippen LogP contribution in [0.5, 0.6) is 0 Å². The van der Waals surface area contributed by atoms with Gasteiger partial charge in [-0.3, -0.25) is 9.59 Å². The van der Waals surface area contributed by atoms with Gasteiger partial charge in [0.25, 0.3) is 0 Å². The normalized spacial score (nSPS) is 31.2. The van der Waals surface area contributed by atoms with Crippen LogP contribution in [0.2, 0.25) is 10.0 Å². The van der Waals surface area contributed by atoms with E-state index < -0.39 is 35.3 Å². The van der Waals surface area contributed by atoms with Gasteiger partial charge in [-0.25, -0.2) is 4.39 Å². The Balaban J connectivity index is 1.71. The number of aliphatic hydroxyl groups excluding tert-OH is 1. The molecule has 2 fully saturated rings. The summed E-state index contributed by atoms with van der Waals surface area (Å²) in [4.78, 5) is 27.7. The van der Waals surface area contributed by atoms with Gasteiger partial charge in [0.1, 0.15) is 11.2 Å². The first-order chi connectivity index (χ1) is 16.9. The lowest BCUT2D eigenvalue weighted by Crippen LogP contribution is -2.53. The van der Waals surface area contributed by atoms with Crippen LogP contribution in [0.4, 0.5) is 10.1 Å². The highest BCUT2D eigenvalue weighted by molar-refractivity contribution is 6.31. The molecule has 1 saturated carbocycles. The lowest BCUT2D eigenvalue weighted by atomic mass is 9.62. The number of fused-ring (bicyclic) bond motifs is 2. The van der Waals surface area contributed by atoms with Crippen LogP contribution in [0, 0.1) is 11.2 Å². The van der Waals surface area contributed by atoms with Gasteiger partial charge >= 0.3 is 0 Å². The molecule has 2 amide bonds. The van der Waals surface area contributed by atoms with E-state index in [0.29, 0.717) is 35.5 Å². The molecule has 192 valence electrons. The third kappa shape index (κ3) is 4.10. The Hall–Kier alpha value is -2.19. The molecule has 1 spiro atoms. The highest BCUT2D eigenvalue weighted by Crippen LogP contribution is 2.57. The molecule has 0 bridgehead atoms. The van der Waals surface area contributed by atoms with Crippen molar-refractivity contribution in [2.24, 2.45) is 5.41 Å². The zero-order valence-corrected chi connectivity index (χ0v) is 21.9. The fourth-order valence-corrected chi connectivity index (χ4v) is 6.50. The zero-order valence-electron chi connectivity index (χ0n) is 20.4. The SMILES string of the molecule is CC(C)(C)CC1NC(C(=O)NC2CC(O)C2)C(c2cccc(Cl)c2F)C12C(=O)Nc1cc(Cl)ccc12. The van der Waals surface area contributed by atoms with E-state index in [1.165, 1.54) is 6.07 Å². The quantitative estimate of drug-likeness (QED) is 0.465. The maximum Gasteiger partial charge on any atom is 0.238 e. The predicted molar refractivity (Wildman–Crippen MR) is 138 cm³/mol. The monoisotopic (exact) mass is 533 g/mol. The molecule has 2 aliphatic heterocycles. The van der Waals surface area contributed by atoms with Gasteiger partial charge in [-0.1, -0.05) is 62.2 Å². The molecular weight excluding hydrogens is 504 g/mol. The molecule has 1 aliphatic carbocycles. The van der Waals surface area contributed by atoms with Gasteiger partial charge in [0, 0.05) is 28.7 Å². The Labute approximate surface area is 219 Å². The summed E-state index contributed by atoms with van der Waals surface area (Å²) >= 11 is 12.5. The summed E-state index contributed by atoms with van der Waals surface area (Å²) in [5.41, 5.74) is -0.0414. The number of hydrogen-bond acceptors (Lipinski definition) is 4. The number of carbonyl (C=O) groups is 2. The summed E-state index contributed by atoms with van der Waals surface area (Å²) in [6.07, 6.45) is 1.04. The van der Waals surface area contributed by atoms with Crippen molar-refractivity contribution in [3.05, 3.63) is 63.4 Å².